The highest BCUT2D eigenvalue weighted by atomic mass is 35.5. The summed E-state index contributed by atoms with van der Waals surface area (Å²) < 4.78 is 4.83. The van der Waals surface area contributed by atoms with E-state index >= 15 is 0 Å². The molecule has 0 saturated heterocycles. The number of hydrogen-bond acceptors (Lipinski definition) is 3. The molecule has 0 radical (unpaired) electrons. The van der Waals surface area contributed by atoms with Crippen LogP contribution in [-0.2, 0) is 16.1 Å². The molecule has 5 heteroatoms. The molecule has 0 unspecified atom stereocenters. The SMILES string of the molecule is CNCc1ccc(NC(=O)CCOC)cc1.Cl. The van der Waals surface area contributed by atoms with Gasteiger partial charge in [-0.25, -0.2) is 0 Å². The number of ether oxygens (including phenoxy) is 1. The molecule has 1 aromatic rings. The molecule has 0 atom stereocenters. The molecule has 0 aliphatic carbocycles. The zero-order chi connectivity index (χ0) is 11.8. The van der Waals surface area contributed by atoms with E-state index in [9.17, 15) is 4.79 Å². The predicted molar refractivity (Wildman–Crippen MR) is 71.6 cm³/mol. The lowest BCUT2D eigenvalue weighted by atomic mass is 10.2. The Bertz CT molecular complexity index is 328. The van der Waals surface area contributed by atoms with Crippen molar-refractivity contribution >= 4 is 24.0 Å². The van der Waals surface area contributed by atoms with E-state index in [4.69, 9.17) is 4.74 Å². The Morgan fingerprint density at radius 1 is 1.29 bits per heavy atom. The van der Waals surface area contributed by atoms with Crippen LogP contribution in [0.25, 0.3) is 0 Å². The quantitative estimate of drug-likeness (QED) is 0.818. The van der Waals surface area contributed by atoms with Crippen LogP contribution in [0.3, 0.4) is 0 Å². The van der Waals surface area contributed by atoms with Gasteiger partial charge in [0.15, 0.2) is 0 Å². The van der Waals surface area contributed by atoms with Crippen molar-refractivity contribution in [2.24, 2.45) is 0 Å². The molecule has 96 valence electrons. The van der Waals surface area contributed by atoms with Gasteiger partial charge in [0, 0.05) is 19.3 Å². The van der Waals surface area contributed by atoms with E-state index in [1.165, 1.54) is 5.56 Å². The van der Waals surface area contributed by atoms with Gasteiger partial charge in [-0.2, -0.15) is 0 Å². The van der Waals surface area contributed by atoms with Gasteiger partial charge in [0.2, 0.25) is 5.91 Å². The van der Waals surface area contributed by atoms with Crippen molar-refractivity contribution < 1.29 is 9.53 Å². The maximum atomic E-state index is 11.4. The minimum Gasteiger partial charge on any atom is -0.384 e. The highest BCUT2D eigenvalue weighted by molar-refractivity contribution is 5.90. The van der Waals surface area contributed by atoms with E-state index in [1.807, 2.05) is 31.3 Å². The molecule has 0 bridgehead atoms. The van der Waals surface area contributed by atoms with Gasteiger partial charge in [-0.15, -0.1) is 12.4 Å². The number of rotatable bonds is 6. The number of nitrogens with one attached hydrogen (secondary N) is 2. The topological polar surface area (TPSA) is 50.4 Å². The molecule has 17 heavy (non-hydrogen) atoms. The summed E-state index contributed by atoms with van der Waals surface area (Å²) >= 11 is 0. The summed E-state index contributed by atoms with van der Waals surface area (Å²) in [6.45, 7) is 1.28. The smallest absolute Gasteiger partial charge is 0.226 e. The third-order valence-corrected chi connectivity index (χ3v) is 2.15. The molecule has 1 amide bonds. The average Bonchev–Trinajstić information content (AvgIpc) is 2.29. The Morgan fingerprint density at radius 3 is 2.47 bits per heavy atom. The zero-order valence-corrected chi connectivity index (χ0v) is 11.0. The lowest BCUT2D eigenvalue weighted by Crippen LogP contribution is -2.13. The number of carbonyl (C=O) groups is 1. The van der Waals surface area contributed by atoms with Crippen molar-refractivity contribution in [1.29, 1.82) is 0 Å². The maximum Gasteiger partial charge on any atom is 0.226 e. The van der Waals surface area contributed by atoms with Gasteiger partial charge >= 0.3 is 0 Å². The normalized spacial score (nSPS) is 9.53. The van der Waals surface area contributed by atoms with E-state index in [-0.39, 0.29) is 18.3 Å². The van der Waals surface area contributed by atoms with Crippen molar-refractivity contribution in [3.8, 4) is 0 Å². The second-order valence-electron chi connectivity index (χ2n) is 3.52. The molecule has 0 spiro atoms. The first-order valence-electron chi connectivity index (χ1n) is 5.28. The number of halogens is 1. The number of hydrogen-bond donors (Lipinski definition) is 2. The van der Waals surface area contributed by atoms with Crippen molar-refractivity contribution in [3.05, 3.63) is 29.8 Å². The summed E-state index contributed by atoms with van der Waals surface area (Å²) in [6.07, 6.45) is 0.384. The van der Waals surface area contributed by atoms with Crippen LogP contribution in [0.15, 0.2) is 24.3 Å². The van der Waals surface area contributed by atoms with Crippen molar-refractivity contribution in [2.75, 3.05) is 26.1 Å². The summed E-state index contributed by atoms with van der Waals surface area (Å²) in [7, 11) is 3.49. The van der Waals surface area contributed by atoms with Gasteiger partial charge in [-0.05, 0) is 24.7 Å². The van der Waals surface area contributed by atoms with E-state index in [0.717, 1.165) is 12.2 Å². The van der Waals surface area contributed by atoms with Crippen LogP contribution >= 0.6 is 12.4 Å². The number of carbonyl (C=O) groups excluding carboxylic acids is 1. The Labute approximate surface area is 108 Å². The van der Waals surface area contributed by atoms with Crippen LogP contribution in [0, 0.1) is 0 Å². The fraction of sp³-hybridized carbons (Fsp3) is 0.417. The van der Waals surface area contributed by atoms with Gasteiger partial charge in [-0.1, -0.05) is 12.1 Å². The number of amides is 1. The zero-order valence-electron chi connectivity index (χ0n) is 10.2. The summed E-state index contributed by atoms with van der Waals surface area (Å²) in [5.74, 6) is -0.0248. The van der Waals surface area contributed by atoms with Gasteiger partial charge < -0.3 is 15.4 Å². The third-order valence-electron chi connectivity index (χ3n) is 2.15. The standard InChI is InChI=1S/C12H18N2O2.ClH/c1-13-9-10-3-5-11(6-4-10)14-12(15)7-8-16-2;/h3-6,13H,7-9H2,1-2H3,(H,14,15);1H. The van der Waals surface area contributed by atoms with Crippen molar-refractivity contribution in [1.82, 2.24) is 5.32 Å². The molecule has 0 heterocycles. The molecule has 0 saturated carbocycles. The first kappa shape index (κ1) is 15.9. The molecule has 0 aliphatic heterocycles. The molecule has 2 N–H and O–H groups in total. The lowest BCUT2D eigenvalue weighted by Gasteiger charge is -2.06. The molecule has 0 aliphatic rings. The molecule has 0 fully saturated rings. The molecule has 0 aromatic heterocycles. The lowest BCUT2D eigenvalue weighted by molar-refractivity contribution is -0.117. The van der Waals surface area contributed by atoms with Gasteiger partial charge in [0.25, 0.3) is 0 Å². The highest BCUT2D eigenvalue weighted by Crippen LogP contribution is 2.09. The van der Waals surface area contributed by atoms with Crippen LogP contribution in [-0.4, -0.2) is 26.7 Å². The van der Waals surface area contributed by atoms with E-state index in [0.29, 0.717) is 13.0 Å². The van der Waals surface area contributed by atoms with Crippen LogP contribution in [0.4, 0.5) is 5.69 Å². The second kappa shape index (κ2) is 8.98. The maximum absolute atomic E-state index is 11.4. The molecular weight excluding hydrogens is 240 g/mol. The number of benzene rings is 1. The summed E-state index contributed by atoms with van der Waals surface area (Å²) in [6, 6.07) is 7.78. The van der Waals surface area contributed by atoms with Gasteiger partial charge in [0.05, 0.1) is 13.0 Å². The van der Waals surface area contributed by atoms with Crippen LogP contribution in [0.2, 0.25) is 0 Å². The summed E-state index contributed by atoms with van der Waals surface area (Å²) in [5.41, 5.74) is 2.01. The fourth-order valence-corrected chi connectivity index (χ4v) is 1.33. The first-order valence-corrected chi connectivity index (χ1v) is 5.28. The molecule has 4 nitrogen and oxygen atoms in total. The summed E-state index contributed by atoms with van der Waals surface area (Å²) in [4.78, 5) is 11.4. The van der Waals surface area contributed by atoms with Crippen LogP contribution in [0.5, 0.6) is 0 Å². The largest absolute Gasteiger partial charge is 0.384 e. The molecular formula is C12H19ClN2O2. The van der Waals surface area contributed by atoms with Crippen molar-refractivity contribution in [3.63, 3.8) is 0 Å². The molecule has 1 rings (SSSR count). The van der Waals surface area contributed by atoms with Gasteiger partial charge in [0.1, 0.15) is 0 Å². The third kappa shape index (κ3) is 6.26. The number of methoxy groups -OCH3 is 1. The van der Waals surface area contributed by atoms with E-state index in [1.54, 1.807) is 7.11 Å². The highest BCUT2D eigenvalue weighted by Gasteiger charge is 2.01. The summed E-state index contributed by atoms with van der Waals surface area (Å²) in [5, 5.41) is 5.87. The minimum atomic E-state index is -0.0248. The van der Waals surface area contributed by atoms with Crippen LogP contribution < -0.4 is 10.6 Å². The van der Waals surface area contributed by atoms with E-state index < -0.39 is 0 Å². The minimum absolute atomic E-state index is 0. The Balaban J connectivity index is 0.00000256. The first-order chi connectivity index (χ1) is 7.76. The van der Waals surface area contributed by atoms with Crippen molar-refractivity contribution in [2.45, 2.75) is 13.0 Å². The second-order valence-corrected chi connectivity index (χ2v) is 3.52. The van der Waals surface area contributed by atoms with Gasteiger partial charge in [-0.3, -0.25) is 4.79 Å². The Morgan fingerprint density at radius 2 is 1.94 bits per heavy atom. The number of anilines is 1. The predicted octanol–water partition coefficient (Wildman–Crippen LogP) is 1.80. The van der Waals surface area contributed by atoms with Crippen LogP contribution in [0.1, 0.15) is 12.0 Å². The fourth-order valence-electron chi connectivity index (χ4n) is 1.33. The molecule has 1 aromatic carbocycles. The Hall–Kier alpha value is -1.10. The monoisotopic (exact) mass is 258 g/mol. The van der Waals surface area contributed by atoms with E-state index in [2.05, 4.69) is 10.6 Å². The Kier molecular flexibility index (Phi) is 8.40. The average molecular weight is 259 g/mol.